The minimum atomic E-state index is -0.874. The molecule has 4 rings (SSSR count). The Bertz CT molecular complexity index is 1470. The fourth-order valence-corrected chi connectivity index (χ4v) is 4.79. The van der Waals surface area contributed by atoms with Crippen LogP contribution in [-0.2, 0) is 32.1 Å². The fourth-order valence-electron chi connectivity index (χ4n) is 4.79. The zero-order valence-corrected chi connectivity index (χ0v) is 23.4. The van der Waals surface area contributed by atoms with Gasteiger partial charge >= 0.3 is 18.0 Å². The number of fused-ring (bicyclic) bond motifs is 1. The lowest BCUT2D eigenvalue weighted by molar-refractivity contribution is -0.156. The van der Waals surface area contributed by atoms with Gasteiger partial charge in [0.25, 0.3) is 0 Å². The third-order valence-corrected chi connectivity index (χ3v) is 6.68. The zero-order chi connectivity index (χ0) is 29.6. The van der Waals surface area contributed by atoms with Crippen molar-refractivity contribution in [2.45, 2.75) is 58.7 Å². The number of hydroxylamine groups is 1. The van der Waals surface area contributed by atoms with Gasteiger partial charge in [-0.2, -0.15) is 5.26 Å². The highest BCUT2D eigenvalue weighted by Gasteiger charge is 2.37. The van der Waals surface area contributed by atoms with Crippen molar-refractivity contribution in [2.24, 2.45) is 5.92 Å². The Morgan fingerprint density at radius 1 is 0.976 bits per heavy atom. The van der Waals surface area contributed by atoms with Crippen LogP contribution in [0.4, 0.5) is 4.79 Å². The van der Waals surface area contributed by atoms with Gasteiger partial charge in [-0.3, -0.25) is 0 Å². The van der Waals surface area contributed by atoms with Gasteiger partial charge in [-0.15, -0.1) is 5.48 Å². The van der Waals surface area contributed by atoms with Crippen LogP contribution < -0.4 is 10.2 Å². The van der Waals surface area contributed by atoms with Crippen LogP contribution in [0.5, 0.6) is 11.5 Å². The molecule has 3 aromatic rings. The summed E-state index contributed by atoms with van der Waals surface area (Å²) >= 11 is 0. The molecule has 0 fully saturated rings. The molecule has 1 aliphatic carbocycles. The first-order valence-electron chi connectivity index (χ1n) is 13.3. The molecule has 1 unspecified atom stereocenters. The number of nitriles is 1. The van der Waals surface area contributed by atoms with Crippen molar-refractivity contribution in [3.8, 4) is 17.6 Å². The summed E-state index contributed by atoms with van der Waals surface area (Å²) in [5, 5.41) is 9.74. The summed E-state index contributed by atoms with van der Waals surface area (Å²) in [6.07, 6.45) is -0.0442. The molecule has 1 N–H and O–H groups in total. The maximum atomic E-state index is 13.0. The molecule has 1 amide bonds. The highest BCUT2D eigenvalue weighted by molar-refractivity contribution is 5.92. The maximum Gasteiger partial charge on any atom is 0.441 e. The molecule has 0 bridgehead atoms. The van der Waals surface area contributed by atoms with Gasteiger partial charge in [0.15, 0.2) is 0 Å². The van der Waals surface area contributed by atoms with Crippen LogP contribution in [0.25, 0.3) is 0 Å². The Morgan fingerprint density at radius 3 is 2.39 bits per heavy atom. The Balaban J connectivity index is 1.56. The molecule has 0 saturated heterocycles. The molecule has 3 aromatic carbocycles. The van der Waals surface area contributed by atoms with E-state index < -0.39 is 35.5 Å². The van der Waals surface area contributed by atoms with E-state index in [1.807, 2.05) is 37.3 Å². The molecule has 1 aliphatic rings. The highest BCUT2D eigenvalue weighted by Crippen LogP contribution is 2.44. The van der Waals surface area contributed by atoms with E-state index in [2.05, 4.69) is 11.5 Å². The van der Waals surface area contributed by atoms with E-state index in [1.54, 1.807) is 57.2 Å². The van der Waals surface area contributed by atoms with Gasteiger partial charge in [0, 0.05) is 5.56 Å². The van der Waals surface area contributed by atoms with Crippen LogP contribution in [0.3, 0.4) is 0 Å². The van der Waals surface area contributed by atoms with Crippen LogP contribution in [0.1, 0.15) is 72.6 Å². The van der Waals surface area contributed by atoms with E-state index in [0.717, 1.165) is 11.1 Å². The predicted octanol–water partition coefficient (Wildman–Crippen LogP) is 6.36. The number of nitrogens with one attached hydrogen (secondary N) is 1. The second kappa shape index (κ2) is 12.6. The number of nitrogens with zero attached hydrogens (tertiary/aromatic N) is 1. The molecular formula is C32H32N2O7. The average Bonchev–Trinajstić information content (AvgIpc) is 2.95. The number of hydrogen-bond donors (Lipinski definition) is 1. The van der Waals surface area contributed by atoms with Crippen molar-refractivity contribution >= 4 is 18.0 Å². The quantitative estimate of drug-likeness (QED) is 0.211. The van der Waals surface area contributed by atoms with Gasteiger partial charge < -0.3 is 19.0 Å². The van der Waals surface area contributed by atoms with E-state index >= 15 is 0 Å². The van der Waals surface area contributed by atoms with Gasteiger partial charge in [0.05, 0.1) is 17.6 Å². The first-order chi connectivity index (χ1) is 19.6. The number of hydrogen-bond acceptors (Lipinski definition) is 8. The Labute approximate surface area is 238 Å². The lowest BCUT2D eigenvalue weighted by Crippen LogP contribution is -2.37. The molecule has 0 spiro atoms. The predicted molar refractivity (Wildman–Crippen MR) is 149 cm³/mol. The topological polar surface area (TPSA) is 124 Å². The van der Waals surface area contributed by atoms with Gasteiger partial charge in [0.2, 0.25) is 0 Å². The molecule has 41 heavy (non-hydrogen) atoms. The number of ether oxygens (including phenoxy) is 3. The van der Waals surface area contributed by atoms with E-state index in [4.69, 9.17) is 19.0 Å². The summed E-state index contributed by atoms with van der Waals surface area (Å²) in [6, 6.07) is 21.6. The van der Waals surface area contributed by atoms with E-state index in [9.17, 15) is 19.6 Å². The molecule has 9 heteroatoms. The molecule has 0 saturated carbocycles. The number of para-hydroxylation sites is 1. The van der Waals surface area contributed by atoms with Gasteiger partial charge in [0.1, 0.15) is 29.3 Å². The SMILES string of the molecule is CC1c2c(Oc3ccccc3C(=O)OCc3ccccc3)ccc(C#N)c2CC[C@@H]1C(=O)ONC(=O)OC(C)(C)C. The van der Waals surface area contributed by atoms with Crippen LogP contribution in [0, 0.1) is 17.2 Å². The summed E-state index contributed by atoms with van der Waals surface area (Å²) in [7, 11) is 0. The van der Waals surface area contributed by atoms with E-state index in [0.29, 0.717) is 29.7 Å². The lowest BCUT2D eigenvalue weighted by Gasteiger charge is -2.31. The van der Waals surface area contributed by atoms with Gasteiger partial charge in [-0.05, 0) is 74.9 Å². The average molecular weight is 557 g/mol. The highest BCUT2D eigenvalue weighted by atomic mass is 16.7. The summed E-state index contributed by atoms with van der Waals surface area (Å²) in [4.78, 5) is 43.0. The monoisotopic (exact) mass is 556 g/mol. The number of benzene rings is 3. The normalized spacial score (nSPS) is 16.0. The molecule has 9 nitrogen and oxygen atoms in total. The van der Waals surface area contributed by atoms with Crippen molar-refractivity contribution in [3.05, 3.63) is 94.5 Å². The summed E-state index contributed by atoms with van der Waals surface area (Å²) in [5.74, 6) is -1.54. The van der Waals surface area contributed by atoms with Crippen molar-refractivity contribution in [2.75, 3.05) is 0 Å². The van der Waals surface area contributed by atoms with Crippen LogP contribution in [0.2, 0.25) is 0 Å². The number of amides is 1. The first-order valence-corrected chi connectivity index (χ1v) is 13.3. The van der Waals surface area contributed by atoms with Gasteiger partial charge in [-0.25, -0.2) is 14.4 Å². The molecule has 2 atom stereocenters. The molecule has 0 radical (unpaired) electrons. The zero-order valence-electron chi connectivity index (χ0n) is 23.4. The van der Waals surface area contributed by atoms with Crippen LogP contribution >= 0.6 is 0 Å². The Kier molecular flexibility index (Phi) is 8.93. The second-order valence-electron chi connectivity index (χ2n) is 10.7. The third-order valence-electron chi connectivity index (χ3n) is 6.68. The van der Waals surface area contributed by atoms with Crippen molar-refractivity contribution in [3.63, 3.8) is 0 Å². The fraction of sp³-hybridized carbons (Fsp3) is 0.312. The van der Waals surface area contributed by atoms with Crippen molar-refractivity contribution in [1.82, 2.24) is 5.48 Å². The largest absolute Gasteiger partial charge is 0.457 e. The summed E-state index contributed by atoms with van der Waals surface area (Å²) in [6.45, 7) is 7.04. The van der Waals surface area contributed by atoms with Crippen molar-refractivity contribution in [1.29, 1.82) is 5.26 Å². The minimum Gasteiger partial charge on any atom is -0.457 e. The van der Waals surface area contributed by atoms with Crippen molar-refractivity contribution < 1.29 is 33.4 Å². The molecule has 0 aromatic heterocycles. The van der Waals surface area contributed by atoms with Crippen LogP contribution in [0.15, 0.2) is 66.7 Å². The van der Waals surface area contributed by atoms with Gasteiger partial charge in [-0.1, -0.05) is 49.4 Å². The minimum absolute atomic E-state index is 0.110. The molecule has 212 valence electrons. The second-order valence-corrected chi connectivity index (χ2v) is 10.7. The standard InChI is InChI=1S/C32H32N2O7/c1-20-23(30(36)41-34-31(37)40-32(2,3)4)15-16-24-22(18-33)14-17-27(28(20)24)39-26-13-9-8-12-25(26)29(35)38-19-21-10-6-5-7-11-21/h5-14,17,20,23H,15-16,19H2,1-4H3,(H,34,37)/t20?,23-/m0/s1. The molecular weight excluding hydrogens is 524 g/mol. The first kappa shape index (κ1) is 29.2. The Hall–Kier alpha value is -4.84. The van der Waals surface area contributed by atoms with E-state index in [-0.39, 0.29) is 17.9 Å². The smallest absolute Gasteiger partial charge is 0.441 e. The number of carbonyl (C=O) groups excluding carboxylic acids is 3. The maximum absolute atomic E-state index is 13.0. The summed E-state index contributed by atoms with van der Waals surface area (Å²) in [5.41, 5.74) is 4.31. The molecule has 0 heterocycles. The number of rotatable bonds is 6. The van der Waals surface area contributed by atoms with Crippen LogP contribution in [-0.4, -0.2) is 23.6 Å². The Morgan fingerprint density at radius 2 is 1.68 bits per heavy atom. The third kappa shape index (κ3) is 7.22. The van der Waals surface area contributed by atoms with E-state index in [1.165, 1.54) is 0 Å². The number of carbonyl (C=O) groups is 3. The summed E-state index contributed by atoms with van der Waals surface area (Å²) < 4.78 is 16.9. The number of esters is 1. The molecule has 0 aliphatic heterocycles. The lowest BCUT2D eigenvalue weighted by atomic mass is 9.74.